The first kappa shape index (κ1) is 11.4. The summed E-state index contributed by atoms with van der Waals surface area (Å²) in [4.78, 5) is 7.43. The number of halogens is 3. The molecule has 0 bridgehead atoms. The molecule has 2 N–H and O–H groups in total. The fourth-order valence-electron chi connectivity index (χ4n) is 0.716. The van der Waals surface area contributed by atoms with Crippen LogP contribution in [0.1, 0.15) is 11.8 Å². The van der Waals surface area contributed by atoms with Crippen molar-refractivity contribution in [2.45, 2.75) is 6.10 Å². The second-order valence-electron chi connectivity index (χ2n) is 2.18. The van der Waals surface area contributed by atoms with E-state index in [-0.39, 0.29) is 16.1 Å². The second-order valence-corrected chi connectivity index (χ2v) is 3.96. The summed E-state index contributed by atoms with van der Waals surface area (Å²) in [6.45, 7) is -0.431. The molecule has 0 aliphatic carbocycles. The van der Waals surface area contributed by atoms with Crippen LogP contribution >= 0.6 is 45.8 Å². The first-order valence-electron chi connectivity index (χ1n) is 3.23. The molecule has 1 atom stereocenters. The Morgan fingerprint density at radius 3 is 2.54 bits per heavy atom. The molecule has 0 saturated carbocycles. The van der Waals surface area contributed by atoms with E-state index in [2.05, 4.69) is 9.97 Å². The molecular weight excluding hydrogens is 330 g/mol. The second kappa shape index (κ2) is 4.70. The maximum atomic E-state index is 9.30. The molecule has 0 aliphatic heterocycles. The lowest BCUT2D eigenvalue weighted by molar-refractivity contribution is 0.0915. The van der Waals surface area contributed by atoms with Crippen molar-refractivity contribution in [3.63, 3.8) is 0 Å². The van der Waals surface area contributed by atoms with Crippen LogP contribution in [0, 0.1) is 3.57 Å². The number of aromatic nitrogens is 2. The van der Waals surface area contributed by atoms with E-state index < -0.39 is 12.7 Å². The van der Waals surface area contributed by atoms with Gasteiger partial charge in [0.1, 0.15) is 11.3 Å². The molecule has 72 valence electrons. The Balaban J connectivity index is 3.20. The summed E-state index contributed by atoms with van der Waals surface area (Å²) >= 11 is 13.1. The van der Waals surface area contributed by atoms with Gasteiger partial charge < -0.3 is 10.2 Å². The molecule has 0 amide bonds. The zero-order chi connectivity index (χ0) is 10.0. The van der Waals surface area contributed by atoms with Gasteiger partial charge in [-0.05, 0) is 34.2 Å². The molecular formula is C6H5Cl2IN2O2. The Labute approximate surface area is 98.1 Å². The third kappa shape index (κ3) is 2.63. The largest absolute Gasteiger partial charge is 0.393 e. The average molecular weight is 335 g/mol. The summed E-state index contributed by atoms with van der Waals surface area (Å²) in [6, 6.07) is 0. The monoisotopic (exact) mass is 334 g/mol. The molecule has 0 spiro atoms. The van der Waals surface area contributed by atoms with Crippen LogP contribution in [0.3, 0.4) is 0 Å². The van der Waals surface area contributed by atoms with E-state index in [0.29, 0.717) is 3.57 Å². The van der Waals surface area contributed by atoms with Gasteiger partial charge in [0.15, 0.2) is 0 Å². The highest BCUT2D eigenvalue weighted by Crippen LogP contribution is 2.24. The minimum atomic E-state index is -1.08. The zero-order valence-corrected chi connectivity index (χ0v) is 9.88. The Morgan fingerprint density at radius 2 is 2.00 bits per heavy atom. The molecule has 1 rings (SSSR count). The van der Waals surface area contributed by atoms with Crippen LogP contribution in [-0.2, 0) is 0 Å². The third-order valence-corrected chi connectivity index (χ3v) is 3.12. The predicted molar refractivity (Wildman–Crippen MR) is 56.8 cm³/mol. The van der Waals surface area contributed by atoms with E-state index >= 15 is 0 Å². The minimum Gasteiger partial charge on any atom is -0.393 e. The highest BCUT2D eigenvalue weighted by atomic mass is 127. The lowest BCUT2D eigenvalue weighted by Crippen LogP contribution is -2.08. The van der Waals surface area contributed by atoms with Gasteiger partial charge in [-0.15, -0.1) is 0 Å². The van der Waals surface area contributed by atoms with Gasteiger partial charge in [-0.1, -0.05) is 11.6 Å². The number of nitrogens with zero attached hydrogens (tertiary/aromatic N) is 2. The molecule has 1 aromatic rings. The van der Waals surface area contributed by atoms with Crippen molar-refractivity contribution in [2.75, 3.05) is 6.61 Å². The molecule has 1 heterocycles. The molecule has 0 saturated heterocycles. The van der Waals surface area contributed by atoms with Crippen molar-refractivity contribution in [2.24, 2.45) is 0 Å². The normalized spacial score (nSPS) is 13.0. The zero-order valence-electron chi connectivity index (χ0n) is 6.21. The lowest BCUT2D eigenvalue weighted by atomic mass is 10.2. The maximum absolute atomic E-state index is 9.30. The number of hydrogen-bond acceptors (Lipinski definition) is 4. The summed E-state index contributed by atoms with van der Waals surface area (Å²) in [5.74, 6) is 0. The first-order valence-corrected chi connectivity index (χ1v) is 5.07. The Morgan fingerprint density at radius 1 is 1.38 bits per heavy atom. The van der Waals surface area contributed by atoms with Gasteiger partial charge in [0.2, 0.25) is 5.28 Å². The van der Waals surface area contributed by atoms with Crippen LogP contribution in [0.4, 0.5) is 0 Å². The molecule has 0 aromatic carbocycles. The molecule has 13 heavy (non-hydrogen) atoms. The van der Waals surface area contributed by atoms with Crippen molar-refractivity contribution in [3.05, 3.63) is 19.7 Å². The van der Waals surface area contributed by atoms with Crippen LogP contribution in [0.5, 0.6) is 0 Å². The van der Waals surface area contributed by atoms with Crippen molar-refractivity contribution < 1.29 is 10.2 Å². The van der Waals surface area contributed by atoms with Gasteiger partial charge in [0.25, 0.3) is 0 Å². The Bertz CT molecular complexity index is 324. The molecule has 0 aliphatic rings. The topological polar surface area (TPSA) is 66.2 Å². The van der Waals surface area contributed by atoms with Gasteiger partial charge in [-0.25, -0.2) is 9.97 Å². The summed E-state index contributed by atoms with van der Waals surface area (Å²) < 4.78 is 0.491. The number of aliphatic hydroxyl groups excluding tert-OH is 2. The molecule has 7 heteroatoms. The van der Waals surface area contributed by atoms with E-state index in [9.17, 15) is 5.11 Å². The third-order valence-electron chi connectivity index (χ3n) is 1.30. The molecule has 1 aromatic heterocycles. The van der Waals surface area contributed by atoms with E-state index in [1.54, 1.807) is 0 Å². The number of rotatable bonds is 2. The van der Waals surface area contributed by atoms with E-state index in [0.717, 1.165) is 0 Å². The van der Waals surface area contributed by atoms with Gasteiger partial charge in [-0.3, -0.25) is 0 Å². The minimum absolute atomic E-state index is 0.0482. The average Bonchev–Trinajstić information content (AvgIpc) is 2.10. The van der Waals surface area contributed by atoms with Crippen LogP contribution in [0.15, 0.2) is 0 Å². The van der Waals surface area contributed by atoms with Crippen molar-refractivity contribution in [1.82, 2.24) is 9.97 Å². The fourth-order valence-corrected chi connectivity index (χ4v) is 1.71. The summed E-state index contributed by atoms with van der Waals surface area (Å²) in [7, 11) is 0. The molecule has 1 unspecified atom stereocenters. The van der Waals surface area contributed by atoms with E-state index in [4.69, 9.17) is 28.3 Å². The van der Waals surface area contributed by atoms with Gasteiger partial charge in [-0.2, -0.15) is 0 Å². The maximum Gasteiger partial charge on any atom is 0.224 e. The molecule has 0 fully saturated rings. The standard InChI is InChI=1S/C6H5Cl2IN2O2/c7-5-3(9)4(2(13)1-12)10-6(8)11-5/h2,12-13H,1H2. The predicted octanol–water partition coefficient (Wildman–Crippen LogP) is 1.41. The summed E-state index contributed by atoms with van der Waals surface area (Å²) in [6.07, 6.45) is -1.08. The van der Waals surface area contributed by atoms with Crippen LogP contribution in [-0.4, -0.2) is 26.8 Å². The summed E-state index contributed by atoms with van der Waals surface area (Å²) in [5.41, 5.74) is 0.244. The number of hydrogen-bond donors (Lipinski definition) is 2. The molecule has 0 radical (unpaired) electrons. The summed E-state index contributed by atoms with van der Waals surface area (Å²) in [5, 5.41) is 18.1. The van der Waals surface area contributed by atoms with Gasteiger partial charge >= 0.3 is 0 Å². The van der Waals surface area contributed by atoms with Crippen LogP contribution < -0.4 is 0 Å². The molecule has 4 nitrogen and oxygen atoms in total. The SMILES string of the molecule is OCC(O)c1nc(Cl)nc(Cl)c1I. The highest BCUT2D eigenvalue weighted by molar-refractivity contribution is 14.1. The Hall–Kier alpha value is 0.310. The van der Waals surface area contributed by atoms with Gasteiger partial charge in [0.05, 0.1) is 15.9 Å². The van der Waals surface area contributed by atoms with Crippen molar-refractivity contribution in [1.29, 1.82) is 0 Å². The highest BCUT2D eigenvalue weighted by Gasteiger charge is 2.16. The van der Waals surface area contributed by atoms with Crippen LogP contribution in [0.25, 0.3) is 0 Å². The smallest absolute Gasteiger partial charge is 0.224 e. The van der Waals surface area contributed by atoms with Crippen molar-refractivity contribution >= 4 is 45.8 Å². The lowest BCUT2D eigenvalue weighted by Gasteiger charge is -2.09. The Kier molecular flexibility index (Phi) is 4.11. The van der Waals surface area contributed by atoms with E-state index in [1.807, 2.05) is 22.6 Å². The van der Waals surface area contributed by atoms with E-state index in [1.165, 1.54) is 0 Å². The fraction of sp³-hybridized carbons (Fsp3) is 0.333. The first-order chi connectivity index (χ1) is 6.06. The van der Waals surface area contributed by atoms with Crippen molar-refractivity contribution in [3.8, 4) is 0 Å². The quantitative estimate of drug-likeness (QED) is 0.487. The number of aliphatic hydroxyl groups is 2. The van der Waals surface area contributed by atoms with Crippen LogP contribution in [0.2, 0.25) is 10.4 Å². The van der Waals surface area contributed by atoms with Gasteiger partial charge in [0, 0.05) is 0 Å².